The smallest absolute Gasteiger partial charge is 0.261 e. The van der Waals surface area contributed by atoms with Crippen molar-refractivity contribution in [3.8, 4) is 11.1 Å². The van der Waals surface area contributed by atoms with E-state index in [9.17, 15) is 8.42 Å². The number of fused-ring (bicyclic) bond motifs is 3. The molecule has 2 aliphatic rings. The Morgan fingerprint density at radius 3 is 2.20 bits per heavy atom. The molecule has 2 N–H and O–H groups in total. The van der Waals surface area contributed by atoms with Crippen molar-refractivity contribution in [1.29, 1.82) is 0 Å². The molecule has 174 valence electrons. The Kier molecular flexibility index (Phi) is 5.42. The summed E-state index contributed by atoms with van der Waals surface area (Å²) in [7, 11) is -3.72. The molecule has 0 saturated heterocycles. The summed E-state index contributed by atoms with van der Waals surface area (Å²) in [4.78, 5) is 0.280. The largest absolute Gasteiger partial charge is 0.378 e. The zero-order chi connectivity index (χ0) is 23.8. The second kappa shape index (κ2) is 8.75. The predicted octanol–water partition coefficient (Wildman–Crippen LogP) is 6.98. The summed E-state index contributed by atoms with van der Waals surface area (Å²) in [6, 6.07) is 33.6. The molecule has 0 fully saturated rings. The van der Waals surface area contributed by atoms with E-state index < -0.39 is 10.0 Å². The van der Waals surface area contributed by atoms with Crippen molar-refractivity contribution in [3.63, 3.8) is 0 Å². The molecule has 1 aliphatic carbocycles. The molecule has 1 heterocycles. The lowest BCUT2D eigenvalue weighted by Crippen LogP contribution is -2.29. The number of sulfonamides is 1. The van der Waals surface area contributed by atoms with Gasteiger partial charge in [0, 0.05) is 17.3 Å². The van der Waals surface area contributed by atoms with Gasteiger partial charge in [-0.2, -0.15) is 0 Å². The molecule has 0 bridgehead atoms. The second-order valence-electron chi connectivity index (χ2n) is 9.18. The number of allylic oxidation sites excluding steroid dienone is 2. The number of hydrogen-bond acceptors (Lipinski definition) is 3. The molecule has 0 saturated carbocycles. The Morgan fingerprint density at radius 2 is 1.46 bits per heavy atom. The molecule has 5 heteroatoms. The molecule has 6 rings (SSSR count). The van der Waals surface area contributed by atoms with Crippen LogP contribution in [-0.4, -0.2) is 8.42 Å². The first-order chi connectivity index (χ1) is 17.1. The van der Waals surface area contributed by atoms with Gasteiger partial charge in [0.1, 0.15) is 0 Å². The van der Waals surface area contributed by atoms with Crippen molar-refractivity contribution in [2.24, 2.45) is 5.92 Å². The summed E-state index contributed by atoms with van der Waals surface area (Å²) >= 11 is 0. The minimum absolute atomic E-state index is 0.191. The Labute approximate surface area is 206 Å². The van der Waals surface area contributed by atoms with Crippen LogP contribution in [0, 0.1) is 5.92 Å². The lowest BCUT2D eigenvalue weighted by atomic mass is 9.77. The molecule has 0 amide bonds. The lowest BCUT2D eigenvalue weighted by molar-refractivity contribution is 0.425. The van der Waals surface area contributed by atoms with Crippen molar-refractivity contribution in [1.82, 2.24) is 0 Å². The van der Waals surface area contributed by atoms with Gasteiger partial charge in [-0.25, -0.2) is 8.42 Å². The first-order valence-corrected chi connectivity index (χ1v) is 13.4. The molecular formula is C30H26N2O2S. The van der Waals surface area contributed by atoms with Gasteiger partial charge in [0.25, 0.3) is 10.0 Å². The highest BCUT2D eigenvalue weighted by atomic mass is 32.2. The average Bonchev–Trinajstić information content (AvgIpc) is 3.40. The summed E-state index contributed by atoms with van der Waals surface area (Å²) in [5.74, 6) is 0.554. The SMILES string of the molecule is O=S(=O)(Nc1ccc(-c2ccccc2)cc1)c1ccc2c(c1)[C@H]1C=CC[C@H]1[C@@H](c1ccccc1)N2. The number of rotatable bonds is 5. The zero-order valence-electron chi connectivity index (χ0n) is 19.1. The third-order valence-corrected chi connectivity index (χ3v) is 8.43. The maximum atomic E-state index is 13.3. The molecule has 0 spiro atoms. The van der Waals surface area contributed by atoms with Gasteiger partial charge in [0.05, 0.1) is 10.9 Å². The summed E-state index contributed by atoms with van der Waals surface area (Å²) < 4.78 is 29.3. The van der Waals surface area contributed by atoms with E-state index in [2.05, 4.69) is 46.5 Å². The fourth-order valence-electron chi connectivity index (χ4n) is 5.31. The molecule has 4 nitrogen and oxygen atoms in total. The molecule has 4 aromatic carbocycles. The van der Waals surface area contributed by atoms with Crippen LogP contribution in [0.5, 0.6) is 0 Å². The van der Waals surface area contributed by atoms with Crippen molar-refractivity contribution >= 4 is 21.4 Å². The summed E-state index contributed by atoms with van der Waals surface area (Å²) in [6.45, 7) is 0. The lowest BCUT2D eigenvalue weighted by Gasteiger charge is -2.37. The van der Waals surface area contributed by atoms with Gasteiger partial charge in [0.15, 0.2) is 0 Å². The van der Waals surface area contributed by atoms with E-state index in [0.717, 1.165) is 28.8 Å². The third kappa shape index (κ3) is 4.13. The van der Waals surface area contributed by atoms with Crippen LogP contribution in [0.25, 0.3) is 11.1 Å². The van der Waals surface area contributed by atoms with Crippen LogP contribution in [0.4, 0.5) is 11.4 Å². The normalized spacial score (nSPS) is 20.5. The summed E-state index contributed by atoms with van der Waals surface area (Å²) in [5, 5.41) is 3.68. The van der Waals surface area contributed by atoms with E-state index in [1.54, 1.807) is 18.2 Å². The average molecular weight is 479 g/mol. The van der Waals surface area contributed by atoms with Crippen molar-refractivity contribution in [2.45, 2.75) is 23.3 Å². The first kappa shape index (κ1) is 21.7. The van der Waals surface area contributed by atoms with Crippen LogP contribution >= 0.6 is 0 Å². The van der Waals surface area contributed by atoms with Gasteiger partial charge in [0.2, 0.25) is 0 Å². The van der Waals surface area contributed by atoms with Crippen LogP contribution in [0.2, 0.25) is 0 Å². The monoisotopic (exact) mass is 478 g/mol. The number of anilines is 2. The molecule has 0 unspecified atom stereocenters. The second-order valence-corrected chi connectivity index (χ2v) is 10.9. The molecule has 35 heavy (non-hydrogen) atoms. The van der Waals surface area contributed by atoms with Crippen LogP contribution in [0.3, 0.4) is 0 Å². The number of nitrogens with one attached hydrogen (secondary N) is 2. The Morgan fingerprint density at radius 1 is 0.771 bits per heavy atom. The van der Waals surface area contributed by atoms with Gasteiger partial charge in [-0.05, 0) is 64.9 Å². The van der Waals surface area contributed by atoms with Crippen molar-refractivity contribution in [3.05, 3.63) is 126 Å². The Bertz CT molecular complexity index is 1480. The van der Waals surface area contributed by atoms with Crippen LogP contribution in [-0.2, 0) is 10.0 Å². The molecule has 4 aromatic rings. The molecule has 0 aromatic heterocycles. The van der Waals surface area contributed by atoms with Gasteiger partial charge in [-0.1, -0.05) is 84.9 Å². The molecule has 3 atom stereocenters. The fraction of sp³-hybridized carbons (Fsp3) is 0.133. The third-order valence-electron chi connectivity index (χ3n) is 7.05. The molecule has 0 radical (unpaired) electrons. The van der Waals surface area contributed by atoms with Crippen LogP contribution in [0.15, 0.2) is 120 Å². The highest BCUT2D eigenvalue weighted by molar-refractivity contribution is 7.92. The molecule has 1 aliphatic heterocycles. The Hall–Kier alpha value is -3.83. The quantitative estimate of drug-likeness (QED) is 0.304. The zero-order valence-corrected chi connectivity index (χ0v) is 20.0. The minimum atomic E-state index is -3.72. The van der Waals surface area contributed by atoms with Crippen molar-refractivity contribution in [2.75, 3.05) is 10.0 Å². The molecular weight excluding hydrogens is 452 g/mol. The standard InChI is InChI=1S/C30H26N2O2S/c33-35(34,32-24-16-14-22(15-17-24)21-8-3-1-4-9-21)25-18-19-29-28(20-25)26-12-7-13-27(26)30(31-29)23-10-5-2-6-11-23/h1-12,14-20,26-27,30-32H,13H2/t26-,27+,30+/m0/s1. The van der Waals surface area contributed by atoms with Gasteiger partial charge < -0.3 is 5.32 Å². The fourth-order valence-corrected chi connectivity index (χ4v) is 6.40. The maximum Gasteiger partial charge on any atom is 0.261 e. The van der Waals surface area contributed by atoms with E-state index in [1.807, 2.05) is 60.7 Å². The van der Waals surface area contributed by atoms with Gasteiger partial charge in [-0.3, -0.25) is 4.72 Å². The summed E-state index contributed by atoms with van der Waals surface area (Å²) in [5.41, 5.74) is 5.98. The van der Waals surface area contributed by atoms with Crippen molar-refractivity contribution < 1.29 is 8.42 Å². The highest BCUT2D eigenvalue weighted by Crippen LogP contribution is 2.50. The number of hydrogen-bond donors (Lipinski definition) is 2. The van der Waals surface area contributed by atoms with Crippen LogP contribution in [0.1, 0.15) is 29.5 Å². The van der Waals surface area contributed by atoms with Crippen LogP contribution < -0.4 is 10.0 Å². The first-order valence-electron chi connectivity index (χ1n) is 11.9. The number of benzene rings is 4. The highest BCUT2D eigenvalue weighted by Gasteiger charge is 2.38. The van der Waals surface area contributed by atoms with Gasteiger partial charge >= 0.3 is 0 Å². The topological polar surface area (TPSA) is 58.2 Å². The maximum absolute atomic E-state index is 13.3. The van der Waals surface area contributed by atoms with E-state index in [-0.39, 0.29) is 16.9 Å². The van der Waals surface area contributed by atoms with Gasteiger partial charge in [-0.15, -0.1) is 0 Å². The van der Waals surface area contributed by atoms with E-state index in [0.29, 0.717) is 11.6 Å². The van der Waals surface area contributed by atoms with E-state index in [4.69, 9.17) is 0 Å². The van der Waals surface area contributed by atoms with E-state index >= 15 is 0 Å². The predicted molar refractivity (Wildman–Crippen MR) is 142 cm³/mol. The van der Waals surface area contributed by atoms with E-state index in [1.165, 1.54) is 5.56 Å². The summed E-state index contributed by atoms with van der Waals surface area (Å²) in [6.07, 6.45) is 5.42. The minimum Gasteiger partial charge on any atom is -0.378 e. The Balaban J connectivity index is 1.27.